The fourth-order valence-electron chi connectivity index (χ4n) is 10.9. The minimum atomic E-state index is -0.430. The molecule has 11 aromatic rings. The Bertz CT molecular complexity index is 3480. The molecule has 294 valence electrons. The maximum absolute atomic E-state index is 2.48. The zero-order valence-corrected chi connectivity index (χ0v) is 34.5. The Morgan fingerprint density at radius 2 is 0.714 bits per heavy atom. The van der Waals surface area contributed by atoms with E-state index in [1.54, 1.807) is 0 Å². The molecule has 63 heavy (non-hydrogen) atoms. The lowest BCUT2D eigenvalue weighted by Gasteiger charge is -2.32. The van der Waals surface area contributed by atoms with Gasteiger partial charge in [-0.25, -0.2) is 0 Å². The van der Waals surface area contributed by atoms with E-state index < -0.39 is 5.41 Å². The fourth-order valence-corrected chi connectivity index (χ4v) is 10.9. The average molecular weight is 801 g/mol. The maximum atomic E-state index is 2.48. The molecule has 2 aliphatic rings. The van der Waals surface area contributed by atoms with Crippen molar-refractivity contribution in [2.24, 2.45) is 0 Å². The Balaban J connectivity index is 1.02. The highest BCUT2D eigenvalue weighted by molar-refractivity contribution is 6.12. The summed E-state index contributed by atoms with van der Waals surface area (Å²) in [6.07, 6.45) is 0. The lowest BCUT2D eigenvalue weighted by atomic mass is 9.70. The second-order valence-corrected chi connectivity index (χ2v) is 16.8. The Labute approximate surface area is 367 Å². The molecule has 1 spiro atoms. The van der Waals surface area contributed by atoms with Gasteiger partial charge in [0.05, 0.1) is 16.4 Å². The van der Waals surface area contributed by atoms with Gasteiger partial charge in [0.25, 0.3) is 0 Å². The van der Waals surface area contributed by atoms with Gasteiger partial charge in [-0.2, -0.15) is 0 Å². The second-order valence-electron chi connectivity index (χ2n) is 16.8. The van der Waals surface area contributed by atoms with Crippen LogP contribution in [0.15, 0.2) is 243 Å². The van der Waals surface area contributed by atoms with Crippen molar-refractivity contribution in [2.45, 2.75) is 5.41 Å². The van der Waals surface area contributed by atoms with E-state index in [4.69, 9.17) is 0 Å². The molecule has 0 radical (unpaired) electrons. The maximum Gasteiger partial charge on any atom is 0.0726 e. The number of fused-ring (bicyclic) bond motifs is 13. The van der Waals surface area contributed by atoms with Crippen LogP contribution in [0.1, 0.15) is 22.3 Å². The van der Waals surface area contributed by atoms with Gasteiger partial charge in [-0.3, -0.25) is 0 Å². The quantitative estimate of drug-likeness (QED) is 0.163. The number of hydrogen-bond donors (Lipinski definition) is 0. The number of rotatable bonds is 6. The second kappa shape index (κ2) is 13.9. The third-order valence-electron chi connectivity index (χ3n) is 13.6. The van der Waals surface area contributed by atoms with Crippen LogP contribution in [0, 0.1) is 0 Å². The van der Waals surface area contributed by atoms with Gasteiger partial charge in [0, 0.05) is 33.5 Å². The van der Waals surface area contributed by atoms with Crippen molar-refractivity contribution in [3.63, 3.8) is 0 Å². The van der Waals surface area contributed by atoms with Crippen molar-refractivity contribution in [3.05, 3.63) is 265 Å². The number of hydrogen-bond acceptors (Lipinski definition) is 1. The van der Waals surface area contributed by atoms with Crippen molar-refractivity contribution in [2.75, 3.05) is 4.90 Å². The van der Waals surface area contributed by atoms with Gasteiger partial charge in [-0.15, -0.1) is 0 Å². The van der Waals surface area contributed by atoms with E-state index in [1.807, 2.05) is 0 Å². The van der Waals surface area contributed by atoms with Crippen molar-refractivity contribution < 1.29 is 0 Å². The summed E-state index contributed by atoms with van der Waals surface area (Å²) in [5, 5.41) is 2.43. The van der Waals surface area contributed by atoms with Crippen molar-refractivity contribution in [1.82, 2.24) is 4.57 Å². The van der Waals surface area contributed by atoms with Crippen molar-refractivity contribution >= 4 is 38.9 Å². The van der Waals surface area contributed by atoms with E-state index in [-0.39, 0.29) is 0 Å². The highest BCUT2D eigenvalue weighted by Crippen LogP contribution is 2.63. The molecule has 0 bridgehead atoms. The predicted octanol–water partition coefficient (Wildman–Crippen LogP) is 15.9. The lowest BCUT2D eigenvalue weighted by Crippen LogP contribution is -2.26. The molecule has 0 fully saturated rings. The number of aromatic nitrogens is 1. The Morgan fingerprint density at radius 1 is 0.286 bits per heavy atom. The molecule has 2 nitrogen and oxygen atoms in total. The summed E-state index contributed by atoms with van der Waals surface area (Å²) >= 11 is 0. The molecule has 1 aromatic heterocycles. The molecule has 0 aliphatic heterocycles. The van der Waals surface area contributed by atoms with E-state index in [2.05, 4.69) is 252 Å². The third-order valence-corrected chi connectivity index (χ3v) is 13.6. The molecular weight excluding hydrogens is 761 g/mol. The molecule has 0 N–H and O–H groups in total. The van der Waals surface area contributed by atoms with Gasteiger partial charge in [-0.05, 0) is 133 Å². The smallest absolute Gasteiger partial charge is 0.0726 e. The highest BCUT2D eigenvalue weighted by atomic mass is 15.1. The van der Waals surface area contributed by atoms with E-state index in [1.165, 1.54) is 88.6 Å². The summed E-state index contributed by atoms with van der Waals surface area (Å²) in [6.45, 7) is 0. The molecule has 2 aliphatic carbocycles. The van der Waals surface area contributed by atoms with Crippen LogP contribution in [-0.2, 0) is 5.41 Å². The Hall–Kier alpha value is -8.20. The predicted molar refractivity (Wildman–Crippen MR) is 263 cm³/mol. The minimum absolute atomic E-state index is 0.430. The summed E-state index contributed by atoms with van der Waals surface area (Å²) in [5.41, 5.74) is 21.8. The summed E-state index contributed by atoms with van der Waals surface area (Å²) in [4.78, 5) is 2.45. The molecule has 0 amide bonds. The van der Waals surface area contributed by atoms with Gasteiger partial charge in [-0.1, -0.05) is 176 Å². The number of nitrogens with zero attached hydrogens (tertiary/aromatic N) is 2. The van der Waals surface area contributed by atoms with Gasteiger partial charge in [0.2, 0.25) is 0 Å². The zero-order valence-electron chi connectivity index (χ0n) is 34.5. The van der Waals surface area contributed by atoms with Crippen LogP contribution in [0.3, 0.4) is 0 Å². The minimum Gasteiger partial charge on any atom is -0.310 e. The van der Waals surface area contributed by atoms with Gasteiger partial charge < -0.3 is 9.47 Å². The van der Waals surface area contributed by atoms with Gasteiger partial charge in [0.15, 0.2) is 0 Å². The number of para-hydroxylation sites is 2. The van der Waals surface area contributed by atoms with Crippen LogP contribution in [0.2, 0.25) is 0 Å². The average Bonchev–Trinajstić information content (AvgIpc) is 3.96. The molecule has 0 saturated heterocycles. The standard InChI is InChI=1S/C61H40N2/c1-4-16-41(17-5-1)42-28-30-43(31-29-42)44-32-36-59-53(38-44)54-39-47(34-37-60(54)63(59)46-20-8-3-9-21-46)62(45-18-6-2-7-19-45)48-33-35-52-51-24-12-15-27-57(51)61(58(52)40-48)55-25-13-10-22-49(55)50-23-11-14-26-56(50)61/h1-40H. The first-order chi connectivity index (χ1) is 31.3. The molecule has 0 atom stereocenters. The topological polar surface area (TPSA) is 8.17 Å². The summed E-state index contributed by atoms with van der Waals surface area (Å²) < 4.78 is 2.41. The Kier molecular flexibility index (Phi) is 7.85. The van der Waals surface area contributed by atoms with Gasteiger partial charge in [0.1, 0.15) is 0 Å². The van der Waals surface area contributed by atoms with Crippen molar-refractivity contribution in [3.8, 4) is 50.2 Å². The van der Waals surface area contributed by atoms with E-state index in [9.17, 15) is 0 Å². The molecule has 1 heterocycles. The van der Waals surface area contributed by atoms with E-state index in [0.717, 1.165) is 22.7 Å². The first kappa shape index (κ1) is 35.5. The summed E-state index contributed by atoms with van der Waals surface area (Å²) in [6, 6.07) is 89.5. The summed E-state index contributed by atoms with van der Waals surface area (Å²) in [7, 11) is 0. The van der Waals surface area contributed by atoms with Crippen LogP contribution in [0.25, 0.3) is 72.0 Å². The Morgan fingerprint density at radius 3 is 1.33 bits per heavy atom. The van der Waals surface area contributed by atoms with E-state index in [0.29, 0.717) is 0 Å². The molecule has 10 aromatic carbocycles. The molecule has 0 unspecified atom stereocenters. The van der Waals surface area contributed by atoms with Crippen LogP contribution in [0.4, 0.5) is 17.1 Å². The molecule has 13 rings (SSSR count). The first-order valence-electron chi connectivity index (χ1n) is 21.8. The zero-order chi connectivity index (χ0) is 41.5. The first-order valence-corrected chi connectivity index (χ1v) is 21.8. The molecule has 0 saturated carbocycles. The van der Waals surface area contributed by atoms with Crippen LogP contribution >= 0.6 is 0 Å². The van der Waals surface area contributed by atoms with E-state index >= 15 is 0 Å². The molecule has 2 heteroatoms. The fraction of sp³-hybridized carbons (Fsp3) is 0.0164. The SMILES string of the molecule is c1ccc(-c2ccc(-c3ccc4c(c3)c3cc(N(c5ccccc5)c5ccc6c(c5)C5(c7ccccc7-c7ccccc75)c5ccccc5-6)ccc3n4-c3ccccc3)cc2)cc1. The van der Waals surface area contributed by atoms with Gasteiger partial charge >= 0.3 is 0 Å². The largest absolute Gasteiger partial charge is 0.310 e. The summed E-state index contributed by atoms with van der Waals surface area (Å²) in [5.74, 6) is 0. The number of anilines is 3. The lowest BCUT2D eigenvalue weighted by molar-refractivity contribution is 0.793. The molecular formula is C61H40N2. The van der Waals surface area contributed by atoms with Crippen molar-refractivity contribution in [1.29, 1.82) is 0 Å². The van der Waals surface area contributed by atoms with Crippen LogP contribution in [0.5, 0.6) is 0 Å². The van der Waals surface area contributed by atoms with Crippen LogP contribution in [-0.4, -0.2) is 4.57 Å². The third kappa shape index (κ3) is 5.25. The number of benzene rings is 10. The highest BCUT2D eigenvalue weighted by Gasteiger charge is 2.51. The monoisotopic (exact) mass is 800 g/mol. The normalized spacial score (nSPS) is 12.9. The van der Waals surface area contributed by atoms with Crippen LogP contribution < -0.4 is 4.90 Å².